The van der Waals surface area contributed by atoms with Crippen molar-refractivity contribution >= 4 is 27.8 Å². The Hall–Kier alpha value is -1.09. The monoisotopic (exact) mass is 348 g/mol. The van der Waals surface area contributed by atoms with Crippen LogP contribution in [-0.4, -0.2) is 12.9 Å². The summed E-state index contributed by atoms with van der Waals surface area (Å²) in [7, 11) is 1.67. The first-order valence-corrected chi connectivity index (χ1v) is 8.56. The molecule has 0 N–H and O–H groups in total. The predicted octanol–water partition coefficient (Wildman–Crippen LogP) is 5.01. The van der Waals surface area contributed by atoms with Crippen LogP contribution in [0.5, 0.6) is 5.75 Å². The molecule has 1 aromatic rings. The van der Waals surface area contributed by atoms with Crippen molar-refractivity contribution in [3.63, 3.8) is 0 Å². The van der Waals surface area contributed by atoms with Crippen molar-refractivity contribution in [1.29, 1.82) is 0 Å². The molecule has 0 radical (unpaired) electrons. The Morgan fingerprint density at radius 3 is 2.71 bits per heavy atom. The Morgan fingerprint density at radius 2 is 2.00 bits per heavy atom. The van der Waals surface area contributed by atoms with Gasteiger partial charge in [0.1, 0.15) is 5.75 Å². The molecule has 0 heterocycles. The third-order valence-electron chi connectivity index (χ3n) is 4.87. The van der Waals surface area contributed by atoms with Crippen LogP contribution >= 0.6 is 15.9 Å². The van der Waals surface area contributed by atoms with Crippen LogP contribution in [0, 0.1) is 11.8 Å². The van der Waals surface area contributed by atoms with Crippen LogP contribution in [0.2, 0.25) is 0 Å². The number of ketones is 1. The average Bonchev–Trinajstić information content (AvgIpc) is 3.10. The molecule has 2 fully saturated rings. The van der Waals surface area contributed by atoms with Gasteiger partial charge in [-0.1, -0.05) is 28.8 Å². The number of halogens is 1. The lowest BCUT2D eigenvalue weighted by molar-refractivity contribution is -0.119. The fraction of sp³-hybridized carbons (Fsp3) is 0.500. The van der Waals surface area contributed by atoms with Gasteiger partial charge in [0, 0.05) is 16.0 Å². The van der Waals surface area contributed by atoms with Crippen molar-refractivity contribution in [2.45, 2.75) is 38.5 Å². The second-order valence-corrected chi connectivity index (χ2v) is 7.03. The number of ether oxygens (including phenoxy) is 1. The first kappa shape index (κ1) is 14.8. The average molecular weight is 349 g/mol. The minimum atomic E-state index is 0.275. The van der Waals surface area contributed by atoms with Gasteiger partial charge in [-0.3, -0.25) is 4.79 Å². The SMILES string of the molecule is COc1ccc(Br)cc1/C=C1\CC[C@@H](C2CCCC2)C1=O. The smallest absolute Gasteiger partial charge is 0.162 e. The van der Waals surface area contributed by atoms with E-state index in [1.807, 2.05) is 24.3 Å². The lowest BCUT2D eigenvalue weighted by Crippen LogP contribution is -2.16. The van der Waals surface area contributed by atoms with E-state index in [0.717, 1.165) is 34.2 Å². The lowest BCUT2D eigenvalue weighted by atomic mass is 9.88. The van der Waals surface area contributed by atoms with E-state index in [4.69, 9.17) is 4.74 Å². The van der Waals surface area contributed by atoms with Crippen LogP contribution in [-0.2, 0) is 4.79 Å². The van der Waals surface area contributed by atoms with Crippen LogP contribution in [0.4, 0.5) is 0 Å². The summed E-state index contributed by atoms with van der Waals surface area (Å²) in [6, 6.07) is 5.91. The second kappa shape index (κ2) is 6.35. The summed E-state index contributed by atoms with van der Waals surface area (Å²) in [5.41, 5.74) is 1.96. The van der Waals surface area contributed by atoms with Crippen molar-refractivity contribution in [2.75, 3.05) is 7.11 Å². The van der Waals surface area contributed by atoms with Gasteiger partial charge in [-0.05, 0) is 61.4 Å². The number of allylic oxidation sites excluding steroid dienone is 1. The number of hydrogen-bond donors (Lipinski definition) is 0. The van der Waals surface area contributed by atoms with Gasteiger partial charge in [-0.25, -0.2) is 0 Å². The summed E-state index contributed by atoms with van der Waals surface area (Å²) in [4.78, 5) is 12.7. The summed E-state index contributed by atoms with van der Waals surface area (Å²) < 4.78 is 6.40. The van der Waals surface area contributed by atoms with E-state index in [2.05, 4.69) is 15.9 Å². The number of hydrogen-bond acceptors (Lipinski definition) is 2. The van der Waals surface area contributed by atoms with Crippen LogP contribution < -0.4 is 4.74 Å². The summed E-state index contributed by atoms with van der Waals surface area (Å²) in [5, 5.41) is 0. The van der Waals surface area contributed by atoms with E-state index in [0.29, 0.717) is 11.7 Å². The van der Waals surface area contributed by atoms with Crippen molar-refractivity contribution in [3.8, 4) is 5.75 Å². The van der Waals surface area contributed by atoms with Gasteiger partial charge >= 0.3 is 0 Å². The molecule has 2 aliphatic carbocycles. The highest BCUT2D eigenvalue weighted by atomic mass is 79.9. The number of carbonyl (C=O) groups is 1. The highest BCUT2D eigenvalue weighted by molar-refractivity contribution is 9.10. The summed E-state index contributed by atoms with van der Waals surface area (Å²) in [6.45, 7) is 0. The summed E-state index contributed by atoms with van der Waals surface area (Å²) in [5.74, 6) is 2.11. The first-order chi connectivity index (χ1) is 10.2. The third-order valence-corrected chi connectivity index (χ3v) is 5.36. The molecule has 0 bridgehead atoms. The topological polar surface area (TPSA) is 26.3 Å². The molecule has 112 valence electrons. The predicted molar refractivity (Wildman–Crippen MR) is 88.4 cm³/mol. The second-order valence-electron chi connectivity index (χ2n) is 6.11. The maximum atomic E-state index is 12.7. The molecule has 0 saturated heterocycles. The zero-order valence-corrected chi connectivity index (χ0v) is 14.0. The standard InChI is InChI=1S/C18H21BrO2/c1-21-17-9-7-15(19)11-14(17)10-13-6-8-16(18(13)20)12-4-2-3-5-12/h7,9-12,16H,2-6,8H2,1H3/b13-10+/t16-/m0/s1. The zero-order chi connectivity index (χ0) is 14.8. The Kier molecular flexibility index (Phi) is 4.48. The van der Waals surface area contributed by atoms with Gasteiger partial charge in [0.15, 0.2) is 5.78 Å². The normalized spacial score (nSPS) is 25.0. The molecule has 2 saturated carbocycles. The van der Waals surface area contributed by atoms with E-state index in [-0.39, 0.29) is 5.92 Å². The van der Waals surface area contributed by atoms with Gasteiger partial charge in [-0.15, -0.1) is 0 Å². The highest BCUT2D eigenvalue weighted by Crippen LogP contribution is 2.41. The highest BCUT2D eigenvalue weighted by Gasteiger charge is 2.36. The van der Waals surface area contributed by atoms with Crippen molar-refractivity contribution in [2.24, 2.45) is 11.8 Å². The van der Waals surface area contributed by atoms with Gasteiger partial charge in [0.25, 0.3) is 0 Å². The van der Waals surface area contributed by atoms with Crippen LogP contribution in [0.3, 0.4) is 0 Å². The third kappa shape index (κ3) is 3.08. The fourth-order valence-electron chi connectivity index (χ4n) is 3.76. The molecule has 1 atom stereocenters. The largest absolute Gasteiger partial charge is 0.496 e. The maximum Gasteiger partial charge on any atom is 0.162 e. The summed E-state index contributed by atoms with van der Waals surface area (Å²) >= 11 is 3.49. The van der Waals surface area contributed by atoms with E-state index < -0.39 is 0 Å². The van der Waals surface area contributed by atoms with E-state index in [1.165, 1.54) is 25.7 Å². The zero-order valence-electron chi connectivity index (χ0n) is 12.4. The van der Waals surface area contributed by atoms with E-state index in [1.54, 1.807) is 7.11 Å². The van der Waals surface area contributed by atoms with Crippen LogP contribution in [0.15, 0.2) is 28.2 Å². The Balaban J connectivity index is 1.84. The summed E-state index contributed by atoms with van der Waals surface area (Å²) in [6.07, 6.45) is 9.05. The first-order valence-electron chi connectivity index (χ1n) is 7.77. The minimum Gasteiger partial charge on any atom is -0.496 e. The number of rotatable bonds is 3. The molecule has 3 rings (SSSR count). The van der Waals surface area contributed by atoms with E-state index in [9.17, 15) is 4.79 Å². The molecule has 0 unspecified atom stereocenters. The Bertz CT molecular complexity index is 571. The molecule has 3 heteroatoms. The molecule has 2 aliphatic rings. The van der Waals surface area contributed by atoms with Gasteiger partial charge in [-0.2, -0.15) is 0 Å². The molecule has 0 aliphatic heterocycles. The minimum absolute atomic E-state index is 0.275. The number of carbonyl (C=O) groups excluding carboxylic acids is 1. The molecular weight excluding hydrogens is 328 g/mol. The maximum absolute atomic E-state index is 12.7. The molecule has 21 heavy (non-hydrogen) atoms. The quantitative estimate of drug-likeness (QED) is 0.717. The molecular formula is C18H21BrO2. The van der Waals surface area contributed by atoms with Crippen molar-refractivity contribution in [1.82, 2.24) is 0 Å². The van der Waals surface area contributed by atoms with Gasteiger partial charge < -0.3 is 4.74 Å². The molecule has 2 nitrogen and oxygen atoms in total. The molecule has 0 aromatic heterocycles. The number of methoxy groups -OCH3 is 1. The molecule has 0 spiro atoms. The number of Topliss-reactive ketones (excluding diaryl/α,β-unsaturated/α-hetero) is 1. The van der Waals surface area contributed by atoms with Crippen LogP contribution in [0.25, 0.3) is 6.08 Å². The fourth-order valence-corrected chi connectivity index (χ4v) is 4.14. The van der Waals surface area contributed by atoms with Gasteiger partial charge in [0.05, 0.1) is 7.11 Å². The van der Waals surface area contributed by atoms with Crippen molar-refractivity contribution < 1.29 is 9.53 Å². The Labute approximate surface area is 134 Å². The lowest BCUT2D eigenvalue weighted by Gasteiger charge is -2.15. The number of benzene rings is 1. The molecule has 0 amide bonds. The van der Waals surface area contributed by atoms with Crippen LogP contribution in [0.1, 0.15) is 44.1 Å². The van der Waals surface area contributed by atoms with Gasteiger partial charge in [0.2, 0.25) is 0 Å². The van der Waals surface area contributed by atoms with Crippen molar-refractivity contribution in [3.05, 3.63) is 33.8 Å². The molecule has 1 aromatic carbocycles. The Morgan fingerprint density at radius 1 is 1.24 bits per heavy atom. The van der Waals surface area contributed by atoms with E-state index >= 15 is 0 Å².